The molecular formula is C23H20ClN5O2. The molecule has 3 aromatic heterocycles. The van der Waals surface area contributed by atoms with Gasteiger partial charge in [0.15, 0.2) is 16.9 Å². The fourth-order valence-electron chi connectivity index (χ4n) is 3.68. The van der Waals surface area contributed by atoms with Gasteiger partial charge in [-0.15, -0.1) is 0 Å². The quantitative estimate of drug-likeness (QED) is 0.459. The van der Waals surface area contributed by atoms with Crippen molar-refractivity contribution in [3.05, 3.63) is 74.3 Å². The second-order valence-electron chi connectivity index (χ2n) is 7.46. The minimum atomic E-state index is -0.275. The first-order chi connectivity index (χ1) is 14.8. The van der Waals surface area contributed by atoms with Crippen LogP contribution in [0.25, 0.3) is 22.4 Å². The number of nitriles is 1. The summed E-state index contributed by atoms with van der Waals surface area (Å²) in [6, 6.07) is 10.7. The summed E-state index contributed by atoms with van der Waals surface area (Å²) in [6.45, 7) is 5.63. The van der Waals surface area contributed by atoms with Crippen LogP contribution in [0.5, 0.6) is 0 Å². The lowest BCUT2D eigenvalue weighted by Gasteiger charge is -2.19. The lowest BCUT2D eigenvalue weighted by Crippen LogP contribution is -2.13. The van der Waals surface area contributed by atoms with Crippen LogP contribution < -0.4 is 10.7 Å². The topological polar surface area (TPSA) is 96.7 Å². The molecule has 1 atom stereocenters. The average Bonchev–Trinajstić information content (AvgIpc) is 3.17. The number of fused-ring (bicyclic) bond motifs is 1. The Hall–Kier alpha value is -3.63. The molecule has 4 aromatic rings. The number of rotatable bonds is 4. The number of hydrogen-bond acceptors (Lipinski definition) is 6. The average molecular weight is 434 g/mol. The van der Waals surface area contributed by atoms with Gasteiger partial charge in [0.05, 0.1) is 17.1 Å². The van der Waals surface area contributed by atoms with Gasteiger partial charge in [0.25, 0.3) is 0 Å². The van der Waals surface area contributed by atoms with Gasteiger partial charge in [-0.25, -0.2) is 4.98 Å². The molecular weight excluding hydrogens is 414 g/mol. The second kappa shape index (κ2) is 7.89. The molecule has 0 saturated carbocycles. The van der Waals surface area contributed by atoms with Crippen LogP contribution in [0.2, 0.25) is 5.15 Å². The molecule has 0 saturated heterocycles. The van der Waals surface area contributed by atoms with Gasteiger partial charge in [0, 0.05) is 24.4 Å². The summed E-state index contributed by atoms with van der Waals surface area (Å²) < 4.78 is 7.99. The van der Waals surface area contributed by atoms with E-state index in [1.807, 2.05) is 32.0 Å². The third-order valence-corrected chi connectivity index (χ3v) is 5.46. The molecule has 8 heteroatoms. The van der Waals surface area contributed by atoms with E-state index >= 15 is 0 Å². The van der Waals surface area contributed by atoms with Gasteiger partial charge in [0.2, 0.25) is 0 Å². The molecule has 156 valence electrons. The number of halogens is 1. The van der Waals surface area contributed by atoms with Crippen molar-refractivity contribution in [3.8, 4) is 17.5 Å². The lowest BCUT2D eigenvalue weighted by molar-refractivity contribution is 0.594. The zero-order chi connectivity index (χ0) is 22.3. The van der Waals surface area contributed by atoms with E-state index < -0.39 is 0 Å². The highest BCUT2D eigenvalue weighted by Gasteiger charge is 2.20. The molecule has 0 fully saturated rings. The Balaban J connectivity index is 1.90. The van der Waals surface area contributed by atoms with Crippen LogP contribution in [0.15, 0.2) is 45.7 Å². The maximum Gasteiger partial charge on any atom is 0.196 e. The highest BCUT2D eigenvalue weighted by molar-refractivity contribution is 6.29. The van der Waals surface area contributed by atoms with Gasteiger partial charge < -0.3 is 9.73 Å². The molecule has 0 aliphatic rings. The summed E-state index contributed by atoms with van der Waals surface area (Å²) in [5.41, 5.74) is 4.15. The van der Waals surface area contributed by atoms with Gasteiger partial charge in [-0.05, 0) is 50.6 Å². The normalized spacial score (nSPS) is 12.0. The SMILES string of the molecule is Cc1cc([C@@H](C)Nc2ccc(Cl)nc2C#N)c2oc(-c3ccnn3C)c(C)c(=O)c2c1. The summed E-state index contributed by atoms with van der Waals surface area (Å²) >= 11 is 5.91. The first kappa shape index (κ1) is 20.6. The molecule has 0 aliphatic heterocycles. The Morgan fingerprint density at radius 1 is 1.26 bits per heavy atom. The first-order valence-corrected chi connectivity index (χ1v) is 10.1. The maximum atomic E-state index is 13.2. The number of nitrogens with zero attached hydrogens (tertiary/aromatic N) is 4. The third kappa shape index (κ3) is 3.66. The van der Waals surface area contributed by atoms with Crippen LogP contribution in [0.4, 0.5) is 5.69 Å². The fourth-order valence-corrected chi connectivity index (χ4v) is 3.83. The number of aromatic nitrogens is 3. The van der Waals surface area contributed by atoms with E-state index in [0.29, 0.717) is 28.0 Å². The molecule has 0 spiro atoms. The Bertz CT molecular complexity index is 1410. The lowest BCUT2D eigenvalue weighted by atomic mass is 9.99. The number of nitrogens with one attached hydrogen (secondary N) is 1. The van der Waals surface area contributed by atoms with Gasteiger partial charge in [-0.2, -0.15) is 10.4 Å². The van der Waals surface area contributed by atoms with E-state index in [9.17, 15) is 10.1 Å². The first-order valence-electron chi connectivity index (χ1n) is 9.69. The number of aryl methyl sites for hydroxylation is 2. The van der Waals surface area contributed by atoms with Crippen molar-refractivity contribution in [2.24, 2.45) is 7.05 Å². The second-order valence-corrected chi connectivity index (χ2v) is 7.85. The van der Waals surface area contributed by atoms with Gasteiger partial charge >= 0.3 is 0 Å². The van der Waals surface area contributed by atoms with E-state index in [2.05, 4.69) is 21.5 Å². The van der Waals surface area contributed by atoms with Gasteiger partial charge in [0.1, 0.15) is 22.5 Å². The van der Waals surface area contributed by atoms with Crippen LogP contribution in [-0.4, -0.2) is 14.8 Å². The highest BCUT2D eigenvalue weighted by atomic mass is 35.5. The minimum absolute atomic E-state index is 0.0829. The van der Waals surface area contributed by atoms with E-state index in [-0.39, 0.29) is 22.3 Å². The third-order valence-electron chi connectivity index (χ3n) is 5.25. The molecule has 31 heavy (non-hydrogen) atoms. The summed E-state index contributed by atoms with van der Waals surface area (Å²) in [6.07, 6.45) is 1.66. The van der Waals surface area contributed by atoms with Crippen molar-refractivity contribution in [3.63, 3.8) is 0 Å². The molecule has 1 aromatic carbocycles. The van der Waals surface area contributed by atoms with Crippen LogP contribution >= 0.6 is 11.6 Å². The van der Waals surface area contributed by atoms with E-state index in [4.69, 9.17) is 16.0 Å². The Morgan fingerprint density at radius 3 is 2.71 bits per heavy atom. The standard InChI is InChI=1S/C23H20ClN5O2/c1-12-9-15(14(3)27-17-5-6-20(24)28-18(17)11-25)23-16(10-12)21(30)13(2)22(31-23)19-7-8-26-29(19)4/h5-10,14,27H,1-4H3/t14-/m1/s1. The Kier molecular flexibility index (Phi) is 5.25. The summed E-state index contributed by atoms with van der Waals surface area (Å²) in [5, 5.41) is 17.7. The van der Waals surface area contributed by atoms with E-state index in [1.165, 1.54) is 0 Å². The predicted molar refractivity (Wildman–Crippen MR) is 120 cm³/mol. The monoisotopic (exact) mass is 433 g/mol. The van der Waals surface area contributed by atoms with Gasteiger partial charge in [-0.3, -0.25) is 9.48 Å². The largest absolute Gasteiger partial charge is 0.454 e. The predicted octanol–water partition coefficient (Wildman–Crippen LogP) is 4.90. The van der Waals surface area contributed by atoms with Crippen LogP contribution in [0.3, 0.4) is 0 Å². The molecule has 0 bridgehead atoms. The highest BCUT2D eigenvalue weighted by Crippen LogP contribution is 2.32. The Labute approximate surface area is 183 Å². The van der Waals surface area contributed by atoms with Crippen molar-refractivity contribution in [1.29, 1.82) is 5.26 Å². The van der Waals surface area contributed by atoms with Crippen molar-refractivity contribution in [2.45, 2.75) is 26.8 Å². The van der Waals surface area contributed by atoms with Crippen molar-refractivity contribution in [1.82, 2.24) is 14.8 Å². The van der Waals surface area contributed by atoms with Gasteiger partial charge in [-0.1, -0.05) is 17.7 Å². The molecule has 0 amide bonds. The summed E-state index contributed by atoms with van der Waals surface area (Å²) in [5.74, 6) is 0.487. The number of anilines is 1. The Morgan fingerprint density at radius 2 is 2.03 bits per heavy atom. The summed E-state index contributed by atoms with van der Waals surface area (Å²) in [4.78, 5) is 17.3. The number of hydrogen-bond donors (Lipinski definition) is 1. The van der Waals surface area contributed by atoms with Crippen LogP contribution in [0, 0.1) is 25.2 Å². The molecule has 0 radical (unpaired) electrons. The van der Waals surface area contributed by atoms with E-state index in [0.717, 1.165) is 16.8 Å². The zero-order valence-corrected chi connectivity index (χ0v) is 18.3. The fraction of sp³-hybridized carbons (Fsp3) is 0.217. The van der Waals surface area contributed by atoms with Crippen molar-refractivity contribution < 1.29 is 4.42 Å². The minimum Gasteiger partial charge on any atom is -0.454 e. The van der Waals surface area contributed by atoms with Crippen LogP contribution in [0.1, 0.15) is 35.3 Å². The zero-order valence-electron chi connectivity index (χ0n) is 17.5. The number of pyridine rings is 1. The maximum absolute atomic E-state index is 13.2. The molecule has 0 unspecified atom stereocenters. The molecule has 0 aliphatic carbocycles. The summed E-state index contributed by atoms with van der Waals surface area (Å²) in [7, 11) is 1.80. The molecule has 4 rings (SSSR count). The van der Waals surface area contributed by atoms with Crippen molar-refractivity contribution >= 4 is 28.3 Å². The smallest absolute Gasteiger partial charge is 0.196 e. The molecule has 3 heterocycles. The van der Waals surface area contributed by atoms with Crippen molar-refractivity contribution in [2.75, 3.05) is 5.32 Å². The van der Waals surface area contributed by atoms with E-state index in [1.54, 1.807) is 37.0 Å². The van der Waals surface area contributed by atoms with Crippen LogP contribution in [-0.2, 0) is 7.05 Å². The number of benzene rings is 1. The molecule has 1 N–H and O–H groups in total. The molecule has 7 nitrogen and oxygen atoms in total.